The smallest absolute Gasteiger partial charge is 0.289 e. The molecule has 5 nitrogen and oxygen atoms in total. The third-order valence-electron chi connectivity index (χ3n) is 3.95. The van der Waals surface area contributed by atoms with Gasteiger partial charge in [0.1, 0.15) is 5.82 Å². The Kier molecular flexibility index (Phi) is 4.14. The summed E-state index contributed by atoms with van der Waals surface area (Å²) in [5.74, 6) is -0.416. The molecule has 0 N–H and O–H groups in total. The molecular formula is C17H17FN2O3. The molecule has 0 aliphatic carbocycles. The highest BCUT2D eigenvalue weighted by atomic mass is 19.1. The number of benzene rings is 1. The lowest BCUT2D eigenvalue weighted by Gasteiger charge is -2.35. The van der Waals surface area contributed by atoms with Gasteiger partial charge in [-0.1, -0.05) is 0 Å². The summed E-state index contributed by atoms with van der Waals surface area (Å²) >= 11 is 0. The molecule has 6 heteroatoms. The molecule has 1 saturated heterocycles. The van der Waals surface area contributed by atoms with E-state index in [0.29, 0.717) is 43.2 Å². The van der Waals surface area contributed by atoms with Gasteiger partial charge in [0.25, 0.3) is 5.91 Å². The Hall–Kier alpha value is -2.63. The second kappa shape index (κ2) is 6.24. The number of ketones is 1. The number of halogens is 1. The number of carbonyl (C=O) groups is 2. The van der Waals surface area contributed by atoms with Crippen LogP contribution in [0.25, 0.3) is 0 Å². The van der Waals surface area contributed by atoms with Crippen LogP contribution in [-0.2, 0) is 0 Å². The van der Waals surface area contributed by atoms with Crippen molar-refractivity contribution in [2.75, 3.05) is 31.1 Å². The van der Waals surface area contributed by atoms with Crippen LogP contribution in [0, 0.1) is 5.82 Å². The molecule has 1 aromatic heterocycles. The highest BCUT2D eigenvalue weighted by Crippen LogP contribution is 2.21. The second-order valence-electron chi connectivity index (χ2n) is 5.51. The molecule has 1 fully saturated rings. The van der Waals surface area contributed by atoms with Crippen LogP contribution in [0.2, 0.25) is 0 Å². The molecule has 0 unspecified atom stereocenters. The van der Waals surface area contributed by atoms with E-state index in [4.69, 9.17) is 4.42 Å². The Labute approximate surface area is 133 Å². The molecule has 2 aromatic rings. The Balaban J connectivity index is 1.69. The van der Waals surface area contributed by atoms with Crippen molar-refractivity contribution >= 4 is 17.4 Å². The topological polar surface area (TPSA) is 53.8 Å². The molecule has 0 bridgehead atoms. The molecule has 1 aliphatic rings. The number of Topliss-reactive ketones (excluding diaryl/α,β-unsaturated/α-hetero) is 1. The highest BCUT2D eigenvalue weighted by molar-refractivity contribution is 5.95. The Morgan fingerprint density at radius 3 is 2.48 bits per heavy atom. The second-order valence-corrected chi connectivity index (χ2v) is 5.51. The molecule has 23 heavy (non-hydrogen) atoms. The van der Waals surface area contributed by atoms with E-state index in [-0.39, 0.29) is 11.7 Å². The summed E-state index contributed by atoms with van der Waals surface area (Å²) in [6.07, 6.45) is 1.47. The number of rotatable bonds is 3. The van der Waals surface area contributed by atoms with Gasteiger partial charge in [0.2, 0.25) is 0 Å². The zero-order valence-corrected chi connectivity index (χ0v) is 12.8. The molecule has 0 atom stereocenters. The van der Waals surface area contributed by atoms with Crippen LogP contribution < -0.4 is 4.90 Å². The minimum absolute atomic E-state index is 0.140. The van der Waals surface area contributed by atoms with E-state index in [9.17, 15) is 14.0 Å². The van der Waals surface area contributed by atoms with Gasteiger partial charge in [-0.3, -0.25) is 9.59 Å². The van der Waals surface area contributed by atoms with E-state index < -0.39 is 5.82 Å². The molecule has 0 saturated carbocycles. The molecule has 0 radical (unpaired) electrons. The van der Waals surface area contributed by atoms with Crippen molar-refractivity contribution in [1.29, 1.82) is 0 Å². The summed E-state index contributed by atoms with van der Waals surface area (Å²) in [6.45, 7) is 3.61. The summed E-state index contributed by atoms with van der Waals surface area (Å²) in [6, 6.07) is 7.66. The summed E-state index contributed by atoms with van der Waals surface area (Å²) < 4.78 is 18.8. The number of anilines is 1. The van der Waals surface area contributed by atoms with E-state index in [2.05, 4.69) is 0 Å². The Morgan fingerprint density at radius 1 is 1.13 bits per heavy atom. The summed E-state index contributed by atoms with van der Waals surface area (Å²) in [5, 5.41) is 0. The Bertz CT molecular complexity index is 719. The minimum atomic E-state index is -0.429. The van der Waals surface area contributed by atoms with Gasteiger partial charge in [0, 0.05) is 37.4 Å². The van der Waals surface area contributed by atoms with Gasteiger partial charge in [-0.05, 0) is 37.3 Å². The third-order valence-corrected chi connectivity index (χ3v) is 3.95. The van der Waals surface area contributed by atoms with Crippen LogP contribution in [0.3, 0.4) is 0 Å². The van der Waals surface area contributed by atoms with E-state index in [1.54, 1.807) is 23.1 Å². The predicted molar refractivity (Wildman–Crippen MR) is 83.2 cm³/mol. The molecule has 1 aliphatic heterocycles. The SMILES string of the molecule is CC(=O)c1cc(F)cc(N2CCN(C(=O)c3ccco3)CC2)c1. The van der Waals surface area contributed by atoms with Crippen molar-refractivity contribution < 1.29 is 18.4 Å². The number of nitrogens with zero attached hydrogens (tertiary/aromatic N) is 2. The van der Waals surface area contributed by atoms with Gasteiger partial charge in [-0.2, -0.15) is 0 Å². The summed E-state index contributed by atoms with van der Waals surface area (Å²) in [4.78, 5) is 27.3. The minimum Gasteiger partial charge on any atom is -0.459 e. The number of furan rings is 1. The first-order chi connectivity index (χ1) is 11.0. The fourth-order valence-corrected chi connectivity index (χ4v) is 2.68. The molecule has 1 amide bonds. The van der Waals surface area contributed by atoms with Crippen LogP contribution in [0.1, 0.15) is 27.8 Å². The third kappa shape index (κ3) is 3.26. The van der Waals surface area contributed by atoms with Crippen molar-refractivity contribution in [3.8, 4) is 0 Å². The fraction of sp³-hybridized carbons (Fsp3) is 0.294. The molecule has 0 spiro atoms. The first kappa shape index (κ1) is 15.3. The first-order valence-corrected chi connectivity index (χ1v) is 7.44. The maximum absolute atomic E-state index is 13.7. The number of hydrogen-bond donors (Lipinski definition) is 0. The molecule has 3 rings (SSSR count). The van der Waals surface area contributed by atoms with Gasteiger partial charge in [-0.25, -0.2) is 4.39 Å². The average molecular weight is 316 g/mol. The van der Waals surface area contributed by atoms with Crippen LogP contribution in [0.15, 0.2) is 41.0 Å². The quantitative estimate of drug-likeness (QED) is 0.817. The van der Waals surface area contributed by atoms with Gasteiger partial charge >= 0.3 is 0 Å². The largest absolute Gasteiger partial charge is 0.459 e. The zero-order valence-electron chi connectivity index (χ0n) is 12.8. The maximum Gasteiger partial charge on any atom is 0.289 e. The number of piperazine rings is 1. The van der Waals surface area contributed by atoms with Crippen molar-refractivity contribution in [2.45, 2.75) is 6.92 Å². The lowest BCUT2D eigenvalue weighted by molar-refractivity contribution is 0.0714. The van der Waals surface area contributed by atoms with Crippen LogP contribution in [0.4, 0.5) is 10.1 Å². The van der Waals surface area contributed by atoms with Gasteiger partial charge in [0.05, 0.1) is 6.26 Å². The molecule has 1 aromatic carbocycles. The van der Waals surface area contributed by atoms with Crippen molar-refractivity contribution in [1.82, 2.24) is 4.90 Å². The van der Waals surface area contributed by atoms with Crippen molar-refractivity contribution in [3.05, 3.63) is 53.7 Å². The summed E-state index contributed by atoms with van der Waals surface area (Å²) in [7, 11) is 0. The standard InChI is InChI=1S/C17H17FN2O3/c1-12(21)13-9-14(18)11-15(10-13)19-4-6-20(7-5-19)17(22)16-3-2-8-23-16/h2-3,8-11H,4-7H2,1H3. The average Bonchev–Trinajstić information content (AvgIpc) is 3.08. The molecule has 120 valence electrons. The monoisotopic (exact) mass is 316 g/mol. The number of hydrogen-bond acceptors (Lipinski definition) is 4. The number of carbonyl (C=O) groups excluding carboxylic acids is 2. The number of amides is 1. The Morgan fingerprint density at radius 2 is 1.87 bits per heavy atom. The van der Waals surface area contributed by atoms with Crippen LogP contribution in [0.5, 0.6) is 0 Å². The maximum atomic E-state index is 13.7. The predicted octanol–water partition coefficient (Wildman–Crippen LogP) is 2.58. The van der Waals surface area contributed by atoms with Crippen LogP contribution in [-0.4, -0.2) is 42.8 Å². The molecule has 2 heterocycles. The van der Waals surface area contributed by atoms with E-state index in [1.165, 1.54) is 25.3 Å². The van der Waals surface area contributed by atoms with Gasteiger partial charge < -0.3 is 14.2 Å². The summed E-state index contributed by atoms with van der Waals surface area (Å²) in [5.41, 5.74) is 1.02. The first-order valence-electron chi connectivity index (χ1n) is 7.44. The lowest BCUT2D eigenvalue weighted by Crippen LogP contribution is -2.48. The van der Waals surface area contributed by atoms with Gasteiger partial charge in [-0.15, -0.1) is 0 Å². The van der Waals surface area contributed by atoms with E-state index in [0.717, 1.165) is 0 Å². The normalized spacial score (nSPS) is 14.9. The molecular weight excluding hydrogens is 299 g/mol. The van der Waals surface area contributed by atoms with Crippen LogP contribution >= 0.6 is 0 Å². The van der Waals surface area contributed by atoms with E-state index in [1.807, 2.05) is 4.90 Å². The lowest BCUT2D eigenvalue weighted by atomic mass is 10.1. The fourth-order valence-electron chi connectivity index (χ4n) is 2.68. The highest BCUT2D eigenvalue weighted by Gasteiger charge is 2.24. The van der Waals surface area contributed by atoms with Gasteiger partial charge in [0.15, 0.2) is 11.5 Å². The van der Waals surface area contributed by atoms with Crippen molar-refractivity contribution in [2.24, 2.45) is 0 Å². The van der Waals surface area contributed by atoms with Crippen molar-refractivity contribution in [3.63, 3.8) is 0 Å². The zero-order chi connectivity index (χ0) is 16.4. The van der Waals surface area contributed by atoms with E-state index >= 15 is 0 Å².